The quantitative estimate of drug-likeness (QED) is 0.354. The van der Waals surface area contributed by atoms with Crippen molar-refractivity contribution < 1.29 is 44.2 Å². The van der Waals surface area contributed by atoms with E-state index in [1.165, 1.54) is 13.2 Å². The molecule has 10 heteroatoms. The summed E-state index contributed by atoms with van der Waals surface area (Å²) in [5.41, 5.74) is -2.62. The van der Waals surface area contributed by atoms with Crippen molar-refractivity contribution in [1.82, 2.24) is 4.90 Å². The fourth-order valence-corrected chi connectivity index (χ4v) is 6.62. The number of fused-ring (bicyclic) bond motifs is 1. The molecule has 0 saturated carbocycles. The zero-order chi connectivity index (χ0) is 24.7. The van der Waals surface area contributed by atoms with Crippen LogP contribution in [0.15, 0.2) is 12.1 Å². The molecular formula is C24H31NO9. The van der Waals surface area contributed by atoms with Crippen LogP contribution in [0.3, 0.4) is 0 Å². The second-order valence-electron chi connectivity index (χ2n) is 9.93. The summed E-state index contributed by atoms with van der Waals surface area (Å²) < 4.78 is 16.5. The summed E-state index contributed by atoms with van der Waals surface area (Å²) in [5, 5.41) is 43.6. The molecule has 3 fully saturated rings. The van der Waals surface area contributed by atoms with Crippen molar-refractivity contribution >= 4 is 11.8 Å². The maximum Gasteiger partial charge on any atom is 0.308 e. The molecule has 0 aromatic heterocycles. The maximum absolute atomic E-state index is 14.1. The number of epoxide rings is 1. The number of carbonyl (C=O) groups excluding carboxylic acids is 2. The van der Waals surface area contributed by atoms with Crippen molar-refractivity contribution in [2.24, 2.45) is 0 Å². The number of rotatable bonds is 4. The van der Waals surface area contributed by atoms with Gasteiger partial charge in [0.2, 0.25) is 5.78 Å². The number of phenols is 1. The SMILES string of the molecule is COC(=O)C[C@H]1O[C@H](C)[C@]23O[C@]2(C(=O)c2c([C@H]4CC[C@H]([C@H](C)O)N4C)ccc(O)c2[C@@H]3O)[C@H]1O. The zero-order valence-electron chi connectivity index (χ0n) is 19.6. The largest absolute Gasteiger partial charge is 0.508 e. The summed E-state index contributed by atoms with van der Waals surface area (Å²) in [4.78, 5) is 28.0. The van der Waals surface area contributed by atoms with Gasteiger partial charge in [0.25, 0.3) is 0 Å². The number of phenolic OH excluding ortho intramolecular Hbond substituents is 1. The predicted octanol–water partition coefficient (Wildman–Crippen LogP) is 0.357. The number of benzene rings is 1. The van der Waals surface area contributed by atoms with Gasteiger partial charge in [-0.15, -0.1) is 0 Å². The number of ether oxygens (including phenoxy) is 3. The van der Waals surface area contributed by atoms with Crippen LogP contribution in [0.1, 0.15) is 66.7 Å². The van der Waals surface area contributed by atoms with E-state index in [0.717, 1.165) is 0 Å². The first kappa shape index (κ1) is 23.7. The fourth-order valence-electron chi connectivity index (χ4n) is 6.62. The average molecular weight is 478 g/mol. The number of likely N-dealkylation sites (N-methyl/N-ethyl adjacent to an activating group) is 1. The second kappa shape index (κ2) is 7.71. The Morgan fingerprint density at radius 2 is 2.03 bits per heavy atom. The lowest BCUT2D eigenvalue weighted by molar-refractivity contribution is -0.164. The number of Topliss-reactive ketones (excluding diaryl/α,β-unsaturated/α-hetero) is 1. The van der Waals surface area contributed by atoms with E-state index in [2.05, 4.69) is 0 Å². The standard InChI is InChI=1S/C24H31NO9/c1-10(26)13-6-7-14(25(13)3)12-5-8-15(27)19-18(12)21(30)24-20(29)16(9-17(28)32-4)33-11(2)23(24,34-24)22(19)31/h5,8,10-11,13-14,16,20,22,26-27,29,31H,6-7,9H2,1-4H3/t10-,11+,13+,14+,16+,20-,22-,23+,24-/m0/s1. The van der Waals surface area contributed by atoms with Crippen molar-refractivity contribution in [3.05, 3.63) is 28.8 Å². The summed E-state index contributed by atoms with van der Waals surface area (Å²) in [7, 11) is 3.09. The fraction of sp³-hybridized carbons (Fsp3) is 0.667. The second-order valence-corrected chi connectivity index (χ2v) is 9.93. The van der Waals surface area contributed by atoms with Crippen LogP contribution in [0.4, 0.5) is 0 Å². The molecule has 1 aliphatic carbocycles. The molecule has 186 valence electrons. The molecule has 0 radical (unpaired) electrons. The first-order chi connectivity index (χ1) is 16.0. The Morgan fingerprint density at radius 3 is 2.65 bits per heavy atom. The van der Waals surface area contributed by atoms with Crippen molar-refractivity contribution in [3.8, 4) is 5.75 Å². The van der Waals surface area contributed by atoms with Crippen LogP contribution in [-0.4, -0.2) is 92.9 Å². The molecule has 4 aliphatic rings. The van der Waals surface area contributed by atoms with E-state index in [1.54, 1.807) is 19.9 Å². The highest BCUT2D eigenvalue weighted by Crippen LogP contribution is 2.68. The van der Waals surface area contributed by atoms with Gasteiger partial charge in [-0.25, -0.2) is 0 Å². The van der Waals surface area contributed by atoms with Crippen LogP contribution in [-0.2, 0) is 19.0 Å². The Hall–Kier alpha value is -2.08. The van der Waals surface area contributed by atoms with Crippen LogP contribution in [0.2, 0.25) is 0 Å². The number of carbonyl (C=O) groups is 2. The molecular weight excluding hydrogens is 446 g/mol. The van der Waals surface area contributed by atoms with Gasteiger partial charge < -0.3 is 34.6 Å². The molecule has 4 N–H and O–H groups in total. The number of nitrogens with zero attached hydrogens (tertiary/aromatic N) is 1. The highest BCUT2D eigenvalue weighted by Gasteiger charge is 2.88. The van der Waals surface area contributed by atoms with Crippen LogP contribution < -0.4 is 0 Å². The third-order valence-electron chi connectivity index (χ3n) is 8.38. The maximum atomic E-state index is 14.1. The summed E-state index contributed by atoms with van der Waals surface area (Å²) in [6, 6.07) is 2.75. The number of hydrogen-bond donors (Lipinski definition) is 4. The van der Waals surface area contributed by atoms with Crippen LogP contribution in [0.25, 0.3) is 0 Å². The topological polar surface area (TPSA) is 149 Å². The molecule has 5 rings (SSSR count). The van der Waals surface area contributed by atoms with Crippen LogP contribution >= 0.6 is 0 Å². The van der Waals surface area contributed by atoms with Crippen LogP contribution in [0.5, 0.6) is 5.75 Å². The number of aliphatic hydroxyl groups is 3. The molecule has 1 aromatic rings. The van der Waals surface area contributed by atoms with Gasteiger partial charge in [0.1, 0.15) is 18.0 Å². The van der Waals surface area contributed by atoms with E-state index < -0.39 is 53.5 Å². The molecule has 0 unspecified atom stereocenters. The lowest BCUT2D eigenvalue weighted by Gasteiger charge is -2.43. The zero-order valence-corrected chi connectivity index (χ0v) is 19.6. The molecule has 3 saturated heterocycles. The van der Waals surface area contributed by atoms with E-state index in [0.29, 0.717) is 18.4 Å². The third-order valence-corrected chi connectivity index (χ3v) is 8.38. The molecule has 9 atom stereocenters. The Labute approximate surface area is 197 Å². The van der Waals surface area contributed by atoms with E-state index in [1.807, 2.05) is 11.9 Å². The van der Waals surface area contributed by atoms with Gasteiger partial charge in [-0.05, 0) is 45.4 Å². The van der Waals surface area contributed by atoms with E-state index >= 15 is 0 Å². The molecule has 1 aromatic carbocycles. The number of ketones is 1. The number of hydrogen-bond acceptors (Lipinski definition) is 10. The van der Waals surface area contributed by atoms with Gasteiger partial charge in [0.15, 0.2) is 11.2 Å². The molecule has 0 spiro atoms. The molecule has 10 nitrogen and oxygen atoms in total. The van der Waals surface area contributed by atoms with E-state index in [9.17, 15) is 30.0 Å². The first-order valence-corrected chi connectivity index (χ1v) is 11.6. The molecule has 34 heavy (non-hydrogen) atoms. The van der Waals surface area contributed by atoms with Gasteiger partial charge >= 0.3 is 5.97 Å². The third kappa shape index (κ3) is 2.78. The van der Waals surface area contributed by atoms with Crippen LogP contribution in [0, 0.1) is 0 Å². The number of esters is 1. The highest BCUT2D eigenvalue weighted by molar-refractivity contribution is 6.11. The summed E-state index contributed by atoms with van der Waals surface area (Å²) in [6.07, 6.45) is -4.36. The van der Waals surface area contributed by atoms with Crippen molar-refractivity contribution in [2.45, 2.75) is 86.9 Å². The minimum absolute atomic E-state index is 0.0542. The smallest absolute Gasteiger partial charge is 0.308 e. The molecule has 3 aliphatic heterocycles. The van der Waals surface area contributed by atoms with Crippen molar-refractivity contribution in [3.63, 3.8) is 0 Å². The Morgan fingerprint density at radius 1 is 1.32 bits per heavy atom. The van der Waals surface area contributed by atoms with Crippen molar-refractivity contribution in [2.75, 3.05) is 14.2 Å². The number of likely N-dealkylation sites (tertiary alicyclic amines) is 1. The summed E-state index contributed by atoms with van der Waals surface area (Å²) in [6.45, 7) is 3.33. The monoisotopic (exact) mass is 477 g/mol. The minimum atomic E-state index is -1.81. The molecule has 3 heterocycles. The summed E-state index contributed by atoms with van der Waals surface area (Å²) in [5.74, 6) is -1.41. The van der Waals surface area contributed by atoms with Gasteiger partial charge in [0.05, 0.1) is 31.8 Å². The van der Waals surface area contributed by atoms with Crippen molar-refractivity contribution in [1.29, 1.82) is 0 Å². The number of aromatic hydroxyl groups is 1. The Kier molecular flexibility index (Phi) is 5.36. The van der Waals surface area contributed by atoms with E-state index in [-0.39, 0.29) is 35.4 Å². The highest BCUT2D eigenvalue weighted by atomic mass is 16.7. The average Bonchev–Trinajstić information content (AvgIpc) is 3.41. The van der Waals surface area contributed by atoms with E-state index in [4.69, 9.17) is 14.2 Å². The molecule has 0 bridgehead atoms. The van der Waals surface area contributed by atoms with Gasteiger partial charge in [0, 0.05) is 23.2 Å². The van der Waals surface area contributed by atoms with Gasteiger partial charge in [-0.2, -0.15) is 0 Å². The lowest BCUT2D eigenvalue weighted by Crippen LogP contribution is -2.63. The summed E-state index contributed by atoms with van der Waals surface area (Å²) >= 11 is 0. The first-order valence-electron chi connectivity index (χ1n) is 11.6. The van der Waals surface area contributed by atoms with Gasteiger partial charge in [-0.3, -0.25) is 14.5 Å². The minimum Gasteiger partial charge on any atom is -0.508 e. The predicted molar refractivity (Wildman–Crippen MR) is 116 cm³/mol. The molecule has 0 amide bonds. The Balaban J connectivity index is 1.62. The normalized spacial score (nSPS) is 41.9. The Bertz CT molecular complexity index is 1040. The number of aliphatic hydroxyl groups excluding tert-OH is 3. The van der Waals surface area contributed by atoms with Gasteiger partial charge in [-0.1, -0.05) is 6.07 Å². The lowest BCUT2D eigenvalue weighted by atomic mass is 9.64. The number of methoxy groups -OCH3 is 1.